The van der Waals surface area contributed by atoms with E-state index in [1.165, 1.54) is 12.1 Å². The van der Waals surface area contributed by atoms with Gasteiger partial charge in [0.15, 0.2) is 0 Å². The predicted octanol–water partition coefficient (Wildman–Crippen LogP) is 4.49. The van der Waals surface area contributed by atoms with Gasteiger partial charge >= 0.3 is 0 Å². The zero-order chi connectivity index (χ0) is 21.8. The first-order valence-corrected chi connectivity index (χ1v) is 10.5. The lowest BCUT2D eigenvalue weighted by Gasteiger charge is -2.26. The average Bonchev–Trinajstić information content (AvgIpc) is 3.22. The lowest BCUT2D eigenvalue weighted by Crippen LogP contribution is -2.31. The SMILES string of the molecule is COc1ccc(-n2nc(NC[C@H]3CCC[C@@H](N)C3)cc2-c2ccc(C#N)c(F)c2)cc1. The summed E-state index contributed by atoms with van der Waals surface area (Å²) in [5.74, 6) is 1.43. The fourth-order valence-electron chi connectivity index (χ4n) is 4.13. The smallest absolute Gasteiger partial charge is 0.149 e. The first kappa shape index (κ1) is 20.9. The van der Waals surface area contributed by atoms with Crippen LogP contribution in [0, 0.1) is 23.1 Å². The Kier molecular flexibility index (Phi) is 6.19. The molecule has 2 aromatic carbocycles. The summed E-state index contributed by atoms with van der Waals surface area (Å²) in [7, 11) is 1.62. The number of methoxy groups -OCH3 is 1. The van der Waals surface area contributed by atoms with Crippen molar-refractivity contribution in [3.63, 3.8) is 0 Å². The Morgan fingerprint density at radius 1 is 1.23 bits per heavy atom. The summed E-state index contributed by atoms with van der Waals surface area (Å²) in [5.41, 5.74) is 8.35. The number of aromatic nitrogens is 2. The number of nitrogens with two attached hydrogens (primary N) is 1. The normalized spacial score (nSPS) is 18.4. The molecule has 7 heteroatoms. The molecule has 1 saturated carbocycles. The Balaban J connectivity index is 1.66. The van der Waals surface area contributed by atoms with Crippen molar-refractivity contribution >= 4 is 5.82 Å². The Labute approximate surface area is 181 Å². The number of benzene rings is 2. The van der Waals surface area contributed by atoms with Gasteiger partial charge in [-0.15, -0.1) is 5.10 Å². The van der Waals surface area contributed by atoms with E-state index in [2.05, 4.69) is 5.32 Å². The molecule has 1 aliphatic carbocycles. The molecular formula is C24H26FN5O. The van der Waals surface area contributed by atoms with Gasteiger partial charge in [-0.05, 0) is 61.6 Å². The Hall–Kier alpha value is -3.37. The highest BCUT2D eigenvalue weighted by Crippen LogP contribution is 2.29. The third-order valence-electron chi connectivity index (χ3n) is 5.81. The molecule has 4 rings (SSSR count). The molecule has 1 aliphatic rings. The van der Waals surface area contributed by atoms with E-state index in [9.17, 15) is 4.39 Å². The van der Waals surface area contributed by atoms with Gasteiger partial charge < -0.3 is 15.8 Å². The number of hydrogen-bond donors (Lipinski definition) is 2. The third kappa shape index (κ3) is 4.70. The van der Waals surface area contributed by atoms with E-state index >= 15 is 0 Å². The number of nitriles is 1. The van der Waals surface area contributed by atoms with Crippen LogP contribution in [-0.2, 0) is 0 Å². The summed E-state index contributed by atoms with van der Waals surface area (Å²) < 4.78 is 21.3. The van der Waals surface area contributed by atoms with Crippen molar-refractivity contribution in [3.8, 4) is 28.8 Å². The molecule has 0 aliphatic heterocycles. The van der Waals surface area contributed by atoms with Crippen molar-refractivity contribution in [2.75, 3.05) is 19.0 Å². The summed E-state index contributed by atoms with van der Waals surface area (Å²) in [6.45, 7) is 0.800. The lowest BCUT2D eigenvalue weighted by molar-refractivity contribution is 0.335. The number of anilines is 1. The second kappa shape index (κ2) is 9.19. The van der Waals surface area contributed by atoms with Gasteiger partial charge in [0.2, 0.25) is 0 Å². The van der Waals surface area contributed by atoms with Gasteiger partial charge in [0.25, 0.3) is 0 Å². The van der Waals surface area contributed by atoms with Crippen molar-refractivity contribution in [3.05, 3.63) is 59.9 Å². The molecule has 1 heterocycles. The van der Waals surface area contributed by atoms with Crippen molar-refractivity contribution in [2.24, 2.45) is 11.7 Å². The number of nitrogens with zero attached hydrogens (tertiary/aromatic N) is 3. The zero-order valence-corrected chi connectivity index (χ0v) is 17.5. The van der Waals surface area contributed by atoms with E-state index in [-0.39, 0.29) is 11.6 Å². The van der Waals surface area contributed by atoms with Crippen LogP contribution >= 0.6 is 0 Å². The van der Waals surface area contributed by atoms with Gasteiger partial charge in [-0.3, -0.25) is 0 Å². The fraction of sp³-hybridized carbons (Fsp3) is 0.333. The molecule has 0 radical (unpaired) electrons. The van der Waals surface area contributed by atoms with Crippen LogP contribution in [0.5, 0.6) is 5.75 Å². The van der Waals surface area contributed by atoms with Crippen LogP contribution in [-0.4, -0.2) is 29.5 Å². The molecule has 0 saturated heterocycles. The predicted molar refractivity (Wildman–Crippen MR) is 119 cm³/mol. The molecule has 0 spiro atoms. The molecule has 31 heavy (non-hydrogen) atoms. The molecular weight excluding hydrogens is 393 g/mol. The summed E-state index contributed by atoms with van der Waals surface area (Å²) in [6, 6.07) is 16.2. The maximum absolute atomic E-state index is 14.3. The van der Waals surface area contributed by atoms with E-state index in [4.69, 9.17) is 20.8 Å². The summed E-state index contributed by atoms with van der Waals surface area (Å²) in [6.07, 6.45) is 4.42. The Bertz CT molecular complexity index is 1090. The van der Waals surface area contributed by atoms with Crippen LogP contribution in [0.3, 0.4) is 0 Å². The van der Waals surface area contributed by atoms with Gasteiger partial charge in [-0.1, -0.05) is 12.5 Å². The van der Waals surface area contributed by atoms with Crippen LogP contribution < -0.4 is 15.8 Å². The van der Waals surface area contributed by atoms with Gasteiger partial charge in [-0.25, -0.2) is 9.07 Å². The first-order chi connectivity index (χ1) is 15.1. The second-order valence-corrected chi connectivity index (χ2v) is 8.00. The molecule has 160 valence electrons. The highest BCUT2D eigenvalue weighted by atomic mass is 19.1. The largest absolute Gasteiger partial charge is 0.497 e. The average molecular weight is 420 g/mol. The zero-order valence-electron chi connectivity index (χ0n) is 17.5. The highest BCUT2D eigenvalue weighted by Gasteiger charge is 2.20. The first-order valence-electron chi connectivity index (χ1n) is 10.5. The summed E-state index contributed by atoms with van der Waals surface area (Å²) in [4.78, 5) is 0. The van der Waals surface area contributed by atoms with Crippen LogP contribution in [0.4, 0.5) is 10.2 Å². The molecule has 6 nitrogen and oxygen atoms in total. The minimum absolute atomic E-state index is 0.0197. The fourth-order valence-corrected chi connectivity index (χ4v) is 4.13. The number of nitrogens with one attached hydrogen (secondary N) is 1. The minimum Gasteiger partial charge on any atom is -0.497 e. The number of hydrogen-bond acceptors (Lipinski definition) is 5. The Morgan fingerprint density at radius 3 is 2.71 bits per heavy atom. The standard InChI is InChI=1S/C24H26FN5O/c1-31-21-9-7-20(8-10-21)30-23(17-5-6-18(14-26)22(25)12-17)13-24(29-30)28-15-16-3-2-4-19(27)11-16/h5-10,12-13,16,19H,2-4,11,15,27H2,1H3,(H,28,29)/t16-,19+/m0/s1. The van der Waals surface area contributed by atoms with Crippen LogP contribution in [0.1, 0.15) is 31.2 Å². The van der Waals surface area contributed by atoms with Crippen molar-refractivity contribution in [1.29, 1.82) is 5.26 Å². The molecule has 1 aromatic heterocycles. The highest BCUT2D eigenvalue weighted by molar-refractivity contribution is 5.67. The minimum atomic E-state index is -0.548. The van der Waals surface area contributed by atoms with Gasteiger partial charge in [0.1, 0.15) is 23.5 Å². The van der Waals surface area contributed by atoms with Crippen LogP contribution in [0.15, 0.2) is 48.5 Å². The van der Waals surface area contributed by atoms with E-state index in [1.807, 2.05) is 36.4 Å². The van der Waals surface area contributed by atoms with Gasteiger partial charge in [0, 0.05) is 24.2 Å². The maximum Gasteiger partial charge on any atom is 0.149 e. The summed E-state index contributed by atoms with van der Waals surface area (Å²) >= 11 is 0. The number of halogens is 1. The van der Waals surface area contributed by atoms with Crippen LogP contribution in [0.25, 0.3) is 16.9 Å². The van der Waals surface area contributed by atoms with E-state index in [0.717, 1.165) is 55.2 Å². The molecule has 3 N–H and O–H groups in total. The van der Waals surface area contributed by atoms with E-state index in [1.54, 1.807) is 17.9 Å². The van der Waals surface area contributed by atoms with Crippen molar-refractivity contribution < 1.29 is 9.13 Å². The van der Waals surface area contributed by atoms with Gasteiger partial charge in [0.05, 0.1) is 24.1 Å². The molecule has 0 bridgehead atoms. The molecule has 3 aromatic rings. The van der Waals surface area contributed by atoms with E-state index < -0.39 is 5.82 Å². The summed E-state index contributed by atoms with van der Waals surface area (Å²) in [5, 5.41) is 17.2. The molecule has 0 amide bonds. The molecule has 2 atom stereocenters. The lowest BCUT2D eigenvalue weighted by atomic mass is 9.86. The number of ether oxygens (including phenoxy) is 1. The third-order valence-corrected chi connectivity index (χ3v) is 5.81. The Morgan fingerprint density at radius 2 is 2.03 bits per heavy atom. The molecule has 0 unspecified atom stereocenters. The van der Waals surface area contributed by atoms with Crippen molar-refractivity contribution in [2.45, 2.75) is 31.7 Å². The molecule has 1 fully saturated rings. The van der Waals surface area contributed by atoms with E-state index in [0.29, 0.717) is 11.5 Å². The topological polar surface area (TPSA) is 88.9 Å². The number of rotatable bonds is 6. The van der Waals surface area contributed by atoms with Crippen LogP contribution in [0.2, 0.25) is 0 Å². The van der Waals surface area contributed by atoms with Gasteiger partial charge in [-0.2, -0.15) is 5.26 Å². The second-order valence-electron chi connectivity index (χ2n) is 8.00. The maximum atomic E-state index is 14.3. The van der Waals surface area contributed by atoms with Crippen molar-refractivity contribution in [1.82, 2.24) is 9.78 Å². The monoisotopic (exact) mass is 419 g/mol. The quantitative estimate of drug-likeness (QED) is 0.615.